The zero-order valence-electron chi connectivity index (χ0n) is 10.5. The highest BCUT2D eigenvalue weighted by molar-refractivity contribution is 6.01. The second kappa shape index (κ2) is 4.85. The van der Waals surface area contributed by atoms with Crippen LogP contribution in [0.15, 0.2) is 12.1 Å². The molecule has 0 saturated carbocycles. The first-order valence-corrected chi connectivity index (χ1v) is 6.06. The van der Waals surface area contributed by atoms with Gasteiger partial charge in [-0.25, -0.2) is 9.78 Å². The van der Waals surface area contributed by atoms with Crippen molar-refractivity contribution in [2.45, 2.75) is 0 Å². The van der Waals surface area contributed by atoms with Crippen LogP contribution in [0.2, 0.25) is 0 Å². The first-order chi connectivity index (χ1) is 9.29. The zero-order valence-corrected chi connectivity index (χ0v) is 10.5. The Morgan fingerprint density at radius 2 is 2.21 bits per heavy atom. The number of nitrogens with zero attached hydrogens (tertiary/aromatic N) is 3. The predicted octanol–water partition coefficient (Wildman–Crippen LogP) is 0.581. The number of pyridine rings is 1. The van der Waals surface area contributed by atoms with Crippen LogP contribution in [0.5, 0.6) is 0 Å². The number of H-pyrrole nitrogens is 1. The Morgan fingerprint density at radius 3 is 2.95 bits per heavy atom. The molecule has 100 valence electrons. The molecule has 0 spiro atoms. The molecule has 3 heterocycles. The van der Waals surface area contributed by atoms with Gasteiger partial charge >= 0.3 is 5.97 Å². The van der Waals surface area contributed by atoms with Crippen LogP contribution in [0.25, 0.3) is 11.0 Å². The van der Waals surface area contributed by atoms with Crippen LogP contribution in [0, 0.1) is 0 Å². The molecule has 1 fully saturated rings. The van der Waals surface area contributed by atoms with Gasteiger partial charge in [0.1, 0.15) is 5.82 Å². The number of hydrogen-bond donors (Lipinski definition) is 1. The molecule has 1 aliphatic rings. The van der Waals surface area contributed by atoms with E-state index in [1.54, 1.807) is 0 Å². The summed E-state index contributed by atoms with van der Waals surface area (Å²) < 4.78 is 9.98. The summed E-state index contributed by atoms with van der Waals surface area (Å²) in [7, 11) is 1.33. The van der Waals surface area contributed by atoms with E-state index in [0.717, 1.165) is 18.9 Å². The zero-order chi connectivity index (χ0) is 13.2. The van der Waals surface area contributed by atoms with Gasteiger partial charge in [-0.3, -0.25) is 5.10 Å². The number of esters is 1. The molecule has 1 N–H and O–H groups in total. The van der Waals surface area contributed by atoms with E-state index in [1.807, 2.05) is 12.1 Å². The summed E-state index contributed by atoms with van der Waals surface area (Å²) in [6, 6.07) is 3.72. The van der Waals surface area contributed by atoms with Gasteiger partial charge in [0.2, 0.25) is 0 Å². The van der Waals surface area contributed by atoms with Crippen molar-refractivity contribution in [2.75, 3.05) is 38.3 Å². The summed E-state index contributed by atoms with van der Waals surface area (Å²) in [5.41, 5.74) is 0.850. The first kappa shape index (κ1) is 11.9. The van der Waals surface area contributed by atoms with E-state index in [1.165, 1.54) is 7.11 Å². The van der Waals surface area contributed by atoms with Crippen LogP contribution in [-0.2, 0) is 9.47 Å². The maximum Gasteiger partial charge on any atom is 0.359 e. The third kappa shape index (κ3) is 2.12. The number of rotatable bonds is 2. The molecule has 1 aliphatic heterocycles. The monoisotopic (exact) mass is 262 g/mol. The Labute approximate surface area is 109 Å². The molecular formula is C12H14N4O3. The Kier molecular flexibility index (Phi) is 3.04. The SMILES string of the molecule is COC(=O)c1n[nH]c2nc(N3CCOCC3)ccc12. The average Bonchev–Trinajstić information content (AvgIpc) is 2.90. The summed E-state index contributed by atoms with van der Waals surface area (Å²) in [6.45, 7) is 3.04. The van der Waals surface area contributed by atoms with E-state index >= 15 is 0 Å². The number of nitrogens with one attached hydrogen (secondary N) is 1. The average molecular weight is 262 g/mol. The molecule has 7 heteroatoms. The molecule has 3 rings (SSSR count). The van der Waals surface area contributed by atoms with Crippen molar-refractivity contribution in [2.24, 2.45) is 0 Å². The molecule has 1 saturated heterocycles. The highest BCUT2D eigenvalue weighted by Gasteiger charge is 2.17. The lowest BCUT2D eigenvalue weighted by atomic mass is 10.2. The summed E-state index contributed by atoms with van der Waals surface area (Å²) >= 11 is 0. The second-order valence-corrected chi connectivity index (χ2v) is 4.23. The second-order valence-electron chi connectivity index (χ2n) is 4.23. The number of carbonyl (C=O) groups is 1. The standard InChI is InChI=1S/C12H14N4O3/c1-18-12(17)10-8-2-3-9(13-11(8)15-14-10)16-4-6-19-7-5-16/h2-3H,4-7H2,1H3,(H,13,14,15). The van der Waals surface area contributed by atoms with Gasteiger partial charge in [-0.05, 0) is 12.1 Å². The number of morpholine rings is 1. The lowest BCUT2D eigenvalue weighted by Crippen LogP contribution is -2.36. The van der Waals surface area contributed by atoms with Crippen molar-refractivity contribution in [3.05, 3.63) is 17.8 Å². The van der Waals surface area contributed by atoms with Crippen molar-refractivity contribution in [3.63, 3.8) is 0 Å². The van der Waals surface area contributed by atoms with E-state index in [9.17, 15) is 4.79 Å². The number of fused-ring (bicyclic) bond motifs is 1. The normalized spacial score (nSPS) is 15.7. The maximum absolute atomic E-state index is 11.5. The minimum absolute atomic E-state index is 0.263. The smallest absolute Gasteiger partial charge is 0.359 e. The van der Waals surface area contributed by atoms with E-state index in [4.69, 9.17) is 4.74 Å². The van der Waals surface area contributed by atoms with Crippen molar-refractivity contribution < 1.29 is 14.3 Å². The Bertz CT molecular complexity index is 604. The van der Waals surface area contributed by atoms with Gasteiger partial charge < -0.3 is 14.4 Å². The number of ether oxygens (including phenoxy) is 2. The van der Waals surface area contributed by atoms with E-state index in [0.29, 0.717) is 24.2 Å². The van der Waals surface area contributed by atoms with Crippen LogP contribution in [-0.4, -0.2) is 54.6 Å². The highest BCUT2D eigenvalue weighted by Crippen LogP contribution is 2.20. The van der Waals surface area contributed by atoms with Crippen LogP contribution >= 0.6 is 0 Å². The van der Waals surface area contributed by atoms with Crippen LogP contribution in [0.1, 0.15) is 10.5 Å². The number of aromatic amines is 1. The van der Waals surface area contributed by atoms with E-state index in [-0.39, 0.29) is 5.69 Å². The molecule has 7 nitrogen and oxygen atoms in total. The summed E-state index contributed by atoms with van der Waals surface area (Å²) in [5.74, 6) is 0.392. The highest BCUT2D eigenvalue weighted by atomic mass is 16.5. The van der Waals surface area contributed by atoms with Crippen molar-refractivity contribution in [3.8, 4) is 0 Å². The van der Waals surface area contributed by atoms with Gasteiger partial charge in [-0.1, -0.05) is 0 Å². The Balaban J connectivity index is 1.95. The quantitative estimate of drug-likeness (QED) is 0.797. The molecule has 0 radical (unpaired) electrons. The summed E-state index contributed by atoms with van der Waals surface area (Å²) in [6.07, 6.45) is 0. The first-order valence-electron chi connectivity index (χ1n) is 6.06. The number of hydrogen-bond acceptors (Lipinski definition) is 6. The van der Waals surface area contributed by atoms with Crippen molar-refractivity contribution in [1.29, 1.82) is 0 Å². The molecule has 0 aliphatic carbocycles. The van der Waals surface area contributed by atoms with Crippen molar-refractivity contribution >= 4 is 22.8 Å². The molecule has 0 aromatic carbocycles. The molecule has 0 unspecified atom stereocenters. The van der Waals surface area contributed by atoms with Gasteiger partial charge in [0.15, 0.2) is 11.3 Å². The van der Waals surface area contributed by atoms with Gasteiger partial charge in [0, 0.05) is 13.1 Å². The fourth-order valence-corrected chi connectivity index (χ4v) is 2.12. The number of methoxy groups -OCH3 is 1. The van der Waals surface area contributed by atoms with Crippen LogP contribution < -0.4 is 4.90 Å². The van der Waals surface area contributed by atoms with Crippen molar-refractivity contribution in [1.82, 2.24) is 15.2 Å². The molecule has 19 heavy (non-hydrogen) atoms. The van der Waals surface area contributed by atoms with Gasteiger partial charge in [-0.2, -0.15) is 5.10 Å². The fraction of sp³-hybridized carbons (Fsp3) is 0.417. The molecule has 2 aromatic rings. The summed E-state index contributed by atoms with van der Waals surface area (Å²) in [5, 5.41) is 7.38. The minimum atomic E-state index is -0.466. The Hall–Kier alpha value is -2.15. The molecule has 0 bridgehead atoms. The third-order valence-electron chi connectivity index (χ3n) is 3.12. The predicted molar refractivity (Wildman–Crippen MR) is 68.3 cm³/mol. The largest absolute Gasteiger partial charge is 0.464 e. The fourth-order valence-electron chi connectivity index (χ4n) is 2.12. The van der Waals surface area contributed by atoms with Crippen LogP contribution in [0.4, 0.5) is 5.82 Å². The Morgan fingerprint density at radius 1 is 1.42 bits per heavy atom. The molecular weight excluding hydrogens is 248 g/mol. The maximum atomic E-state index is 11.5. The van der Waals surface area contributed by atoms with Crippen LogP contribution in [0.3, 0.4) is 0 Å². The molecule has 2 aromatic heterocycles. The molecule has 0 amide bonds. The van der Waals surface area contributed by atoms with Gasteiger partial charge in [-0.15, -0.1) is 0 Å². The third-order valence-corrected chi connectivity index (χ3v) is 3.12. The number of aromatic nitrogens is 3. The van der Waals surface area contributed by atoms with E-state index in [2.05, 4.69) is 24.8 Å². The topological polar surface area (TPSA) is 80.3 Å². The lowest BCUT2D eigenvalue weighted by Gasteiger charge is -2.27. The summed E-state index contributed by atoms with van der Waals surface area (Å²) in [4.78, 5) is 18.1. The minimum Gasteiger partial charge on any atom is -0.464 e. The number of anilines is 1. The number of carbonyl (C=O) groups excluding carboxylic acids is 1. The van der Waals surface area contributed by atoms with E-state index < -0.39 is 5.97 Å². The van der Waals surface area contributed by atoms with Gasteiger partial charge in [0.25, 0.3) is 0 Å². The molecule has 0 atom stereocenters. The van der Waals surface area contributed by atoms with Gasteiger partial charge in [0.05, 0.1) is 25.7 Å². The lowest BCUT2D eigenvalue weighted by molar-refractivity contribution is 0.0596.